The monoisotopic (exact) mass is 256 g/mol. The van der Waals surface area contributed by atoms with Crippen molar-refractivity contribution in [1.29, 1.82) is 0 Å². The minimum absolute atomic E-state index is 0.0654. The molecule has 0 unspecified atom stereocenters. The standard InChI is InChI=1S/C11H16N2O5/c1-2-6-4-12-11(16)10(13(6)17)8-3-7(15)9(5-14)18-8/h4,7-9,14-15H,2-3,5H2,1H3,(H,12,16)/t7-,8+,9+/m0/s1. The maximum atomic E-state index is 12.0. The van der Waals surface area contributed by atoms with Crippen LogP contribution >= 0.6 is 0 Å². The van der Waals surface area contributed by atoms with E-state index in [4.69, 9.17) is 9.84 Å². The molecular formula is C11H16N2O5. The third-order valence-corrected chi connectivity index (χ3v) is 3.15. The first-order chi connectivity index (χ1) is 8.58. The lowest BCUT2D eigenvalue weighted by molar-refractivity contribution is -0.628. The Morgan fingerprint density at radius 1 is 1.67 bits per heavy atom. The van der Waals surface area contributed by atoms with Gasteiger partial charge in [0.05, 0.1) is 18.9 Å². The molecule has 1 aliphatic heterocycles. The minimum atomic E-state index is -0.871. The van der Waals surface area contributed by atoms with Gasteiger partial charge in [0.1, 0.15) is 6.10 Å². The molecule has 100 valence electrons. The normalized spacial score (nSPS) is 27.6. The van der Waals surface area contributed by atoms with Gasteiger partial charge >= 0.3 is 5.56 Å². The van der Waals surface area contributed by atoms with Crippen molar-refractivity contribution in [3.8, 4) is 0 Å². The quantitative estimate of drug-likeness (QED) is 0.462. The van der Waals surface area contributed by atoms with Gasteiger partial charge in [-0.1, -0.05) is 6.92 Å². The van der Waals surface area contributed by atoms with E-state index in [-0.39, 0.29) is 18.7 Å². The number of aryl methyl sites for hydroxylation is 1. The van der Waals surface area contributed by atoms with Crippen LogP contribution < -0.4 is 10.3 Å². The van der Waals surface area contributed by atoms with E-state index < -0.39 is 23.9 Å². The Bertz CT molecular complexity index is 487. The lowest BCUT2D eigenvalue weighted by atomic mass is 10.1. The van der Waals surface area contributed by atoms with Crippen molar-refractivity contribution >= 4 is 0 Å². The fourth-order valence-corrected chi connectivity index (χ4v) is 2.12. The molecule has 2 heterocycles. The summed E-state index contributed by atoms with van der Waals surface area (Å²) >= 11 is 0. The van der Waals surface area contributed by atoms with Crippen LogP contribution in [0.25, 0.3) is 0 Å². The molecule has 2 rings (SSSR count). The highest BCUT2D eigenvalue weighted by molar-refractivity contribution is 5.02. The van der Waals surface area contributed by atoms with Crippen LogP contribution in [0.1, 0.15) is 30.8 Å². The smallest absolute Gasteiger partial charge is 0.319 e. The lowest BCUT2D eigenvalue weighted by Crippen LogP contribution is -2.44. The third-order valence-electron chi connectivity index (χ3n) is 3.15. The Hall–Kier alpha value is -1.44. The lowest BCUT2D eigenvalue weighted by Gasteiger charge is -2.12. The third kappa shape index (κ3) is 2.12. The number of hydrogen-bond donors (Lipinski definition) is 3. The van der Waals surface area contributed by atoms with Gasteiger partial charge in [-0.05, 0) is 0 Å². The van der Waals surface area contributed by atoms with Gasteiger partial charge in [-0.15, -0.1) is 0 Å². The number of nitrogens with zero attached hydrogens (tertiary/aromatic N) is 1. The van der Waals surface area contributed by atoms with E-state index in [1.54, 1.807) is 6.92 Å². The van der Waals surface area contributed by atoms with Gasteiger partial charge in [-0.25, -0.2) is 0 Å². The SMILES string of the molecule is CCc1c[nH]c(=O)c([C@H]2C[C@H](O)[C@@H](CO)O2)[n+]1[O-]. The molecule has 0 amide bonds. The molecule has 3 atom stereocenters. The molecular weight excluding hydrogens is 240 g/mol. The summed E-state index contributed by atoms with van der Waals surface area (Å²) in [4.78, 5) is 14.2. The Labute approximate surface area is 103 Å². The zero-order valence-corrected chi connectivity index (χ0v) is 10.00. The predicted octanol–water partition coefficient (Wildman–Crippen LogP) is -1.25. The zero-order valence-electron chi connectivity index (χ0n) is 10.00. The van der Waals surface area contributed by atoms with Gasteiger partial charge in [0.2, 0.25) is 5.69 Å². The highest BCUT2D eigenvalue weighted by atomic mass is 16.5. The van der Waals surface area contributed by atoms with E-state index >= 15 is 0 Å². The molecule has 0 aliphatic carbocycles. The van der Waals surface area contributed by atoms with Gasteiger partial charge in [0.25, 0.3) is 5.69 Å². The molecule has 0 spiro atoms. The fraction of sp³-hybridized carbons (Fsp3) is 0.636. The van der Waals surface area contributed by atoms with Crippen molar-refractivity contribution < 1.29 is 19.7 Å². The molecule has 1 fully saturated rings. The van der Waals surface area contributed by atoms with Crippen molar-refractivity contribution in [2.75, 3.05) is 6.61 Å². The highest BCUT2D eigenvalue weighted by Gasteiger charge is 2.40. The highest BCUT2D eigenvalue weighted by Crippen LogP contribution is 2.29. The second-order valence-electron chi connectivity index (χ2n) is 4.29. The molecule has 7 heteroatoms. The number of aromatic amines is 1. The first-order valence-corrected chi connectivity index (χ1v) is 5.86. The van der Waals surface area contributed by atoms with Crippen LogP contribution in [0.4, 0.5) is 0 Å². The summed E-state index contributed by atoms with van der Waals surface area (Å²) in [5.74, 6) is 0. The Morgan fingerprint density at radius 3 is 2.94 bits per heavy atom. The summed E-state index contributed by atoms with van der Waals surface area (Å²) in [6, 6.07) is 0. The van der Waals surface area contributed by atoms with Crippen LogP contribution in [-0.4, -0.2) is 34.0 Å². The second-order valence-corrected chi connectivity index (χ2v) is 4.29. The number of ether oxygens (including phenoxy) is 1. The summed E-state index contributed by atoms with van der Waals surface area (Å²) in [5, 5.41) is 30.6. The van der Waals surface area contributed by atoms with Crippen LogP contribution in [0.3, 0.4) is 0 Å². The number of nitrogens with one attached hydrogen (secondary N) is 1. The van der Waals surface area contributed by atoms with Crippen molar-refractivity contribution in [3.63, 3.8) is 0 Å². The topological polar surface area (TPSA) is 109 Å². The number of aliphatic hydroxyl groups is 2. The summed E-state index contributed by atoms with van der Waals surface area (Å²) in [5.41, 5.74) is -0.169. The molecule has 0 radical (unpaired) electrons. The molecule has 1 saturated heterocycles. The van der Waals surface area contributed by atoms with E-state index in [0.717, 1.165) is 0 Å². The van der Waals surface area contributed by atoms with E-state index in [9.17, 15) is 15.1 Å². The fourth-order valence-electron chi connectivity index (χ4n) is 2.12. The summed E-state index contributed by atoms with van der Waals surface area (Å²) in [6.07, 6.45) is -0.432. The molecule has 3 N–H and O–H groups in total. The molecule has 7 nitrogen and oxygen atoms in total. The number of rotatable bonds is 3. The Balaban J connectivity index is 2.37. The van der Waals surface area contributed by atoms with E-state index in [2.05, 4.69) is 4.98 Å². The number of aromatic nitrogens is 2. The predicted molar refractivity (Wildman–Crippen MR) is 60.7 cm³/mol. The minimum Gasteiger partial charge on any atom is -0.618 e. The molecule has 0 saturated carbocycles. The average molecular weight is 256 g/mol. The van der Waals surface area contributed by atoms with E-state index in [0.29, 0.717) is 16.8 Å². The molecule has 0 aromatic carbocycles. The molecule has 18 heavy (non-hydrogen) atoms. The number of hydrogen-bond acceptors (Lipinski definition) is 5. The zero-order chi connectivity index (χ0) is 13.3. The molecule has 1 aliphatic rings. The van der Waals surface area contributed by atoms with Crippen LogP contribution in [0.15, 0.2) is 11.0 Å². The van der Waals surface area contributed by atoms with Crippen LogP contribution in [0.2, 0.25) is 0 Å². The first-order valence-electron chi connectivity index (χ1n) is 5.86. The second kappa shape index (κ2) is 5.05. The summed E-state index contributed by atoms with van der Waals surface area (Å²) in [6.45, 7) is 1.45. The van der Waals surface area contributed by atoms with Crippen molar-refractivity contribution in [2.45, 2.75) is 38.1 Å². The first kappa shape index (κ1) is 13.0. The average Bonchev–Trinajstić information content (AvgIpc) is 2.70. The van der Waals surface area contributed by atoms with Crippen molar-refractivity contribution in [2.24, 2.45) is 0 Å². The molecule has 1 aromatic rings. The van der Waals surface area contributed by atoms with E-state index in [1.807, 2.05) is 0 Å². The van der Waals surface area contributed by atoms with Gasteiger partial charge < -0.3 is 25.1 Å². The molecule has 0 bridgehead atoms. The summed E-state index contributed by atoms with van der Waals surface area (Å²) in [7, 11) is 0. The Morgan fingerprint density at radius 2 is 2.39 bits per heavy atom. The van der Waals surface area contributed by atoms with Crippen LogP contribution in [0, 0.1) is 5.21 Å². The van der Waals surface area contributed by atoms with Gasteiger partial charge in [-0.3, -0.25) is 4.79 Å². The van der Waals surface area contributed by atoms with Crippen molar-refractivity contribution in [3.05, 3.63) is 33.1 Å². The number of aliphatic hydroxyl groups excluding tert-OH is 2. The molecule has 1 aromatic heterocycles. The van der Waals surface area contributed by atoms with Gasteiger partial charge in [0.15, 0.2) is 6.10 Å². The van der Waals surface area contributed by atoms with Gasteiger partial charge in [0, 0.05) is 12.8 Å². The van der Waals surface area contributed by atoms with E-state index in [1.165, 1.54) is 6.20 Å². The van der Waals surface area contributed by atoms with Crippen LogP contribution in [0.5, 0.6) is 0 Å². The maximum Gasteiger partial charge on any atom is 0.319 e. The largest absolute Gasteiger partial charge is 0.618 e. The number of H-pyrrole nitrogens is 1. The Kier molecular flexibility index (Phi) is 3.65. The summed E-state index contributed by atoms with van der Waals surface area (Å²) < 4.78 is 5.88. The van der Waals surface area contributed by atoms with Crippen molar-refractivity contribution in [1.82, 2.24) is 4.98 Å². The van der Waals surface area contributed by atoms with Crippen LogP contribution in [-0.2, 0) is 11.2 Å². The maximum absolute atomic E-state index is 12.0. The van der Waals surface area contributed by atoms with Gasteiger partial charge in [-0.2, -0.15) is 4.73 Å².